The molecule has 0 saturated carbocycles. The highest BCUT2D eigenvalue weighted by molar-refractivity contribution is 5.16. The summed E-state index contributed by atoms with van der Waals surface area (Å²) in [6.45, 7) is 4.51. The van der Waals surface area contributed by atoms with Crippen LogP contribution in [0.4, 0.5) is 4.39 Å². The van der Waals surface area contributed by atoms with Crippen LogP contribution in [0.5, 0.6) is 0 Å². The third-order valence-corrected chi connectivity index (χ3v) is 3.84. The second-order valence-electron chi connectivity index (χ2n) is 5.92. The zero-order chi connectivity index (χ0) is 13.5. The molecule has 0 bridgehead atoms. The number of hydrogen-bond donors (Lipinski definition) is 0. The van der Waals surface area contributed by atoms with Crippen LogP contribution < -0.4 is 0 Å². The summed E-state index contributed by atoms with van der Waals surface area (Å²) in [5.74, 6) is 0. The summed E-state index contributed by atoms with van der Waals surface area (Å²) < 4.78 is 31.6. The number of hydrogen-bond acceptors (Lipinski definition) is 3. The lowest BCUT2D eigenvalue weighted by atomic mass is 9.81. The Morgan fingerprint density at radius 1 is 1.16 bits per heavy atom. The van der Waals surface area contributed by atoms with Gasteiger partial charge in [-0.3, -0.25) is 0 Å². The van der Waals surface area contributed by atoms with E-state index in [1.165, 1.54) is 0 Å². The van der Waals surface area contributed by atoms with Gasteiger partial charge in [-0.2, -0.15) is 0 Å². The first-order chi connectivity index (χ1) is 9.08. The van der Waals surface area contributed by atoms with Crippen molar-refractivity contribution < 1.29 is 18.6 Å². The number of rotatable bonds is 1. The summed E-state index contributed by atoms with van der Waals surface area (Å²) >= 11 is 0. The molecule has 2 fully saturated rings. The molecule has 0 amide bonds. The van der Waals surface area contributed by atoms with E-state index in [-0.39, 0.29) is 6.10 Å². The quantitative estimate of drug-likeness (QED) is 0.782. The fraction of sp³-hybridized carbons (Fsp3) is 0.600. The molecular formula is C15H19FO3. The lowest BCUT2D eigenvalue weighted by Crippen LogP contribution is -2.57. The minimum atomic E-state index is -1.04. The largest absolute Gasteiger partial charge is 0.372 e. The number of alkyl halides is 1. The van der Waals surface area contributed by atoms with E-state index in [4.69, 9.17) is 14.2 Å². The molecule has 0 spiro atoms. The highest BCUT2D eigenvalue weighted by Crippen LogP contribution is 2.40. The molecule has 2 heterocycles. The first-order valence-electron chi connectivity index (χ1n) is 6.65. The van der Waals surface area contributed by atoms with Gasteiger partial charge in [0.2, 0.25) is 0 Å². The third-order valence-electron chi connectivity index (χ3n) is 3.84. The van der Waals surface area contributed by atoms with Crippen molar-refractivity contribution in [3.8, 4) is 0 Å². The van der Waals surface area contributed by atoms with Crippen molar-refractivity contribution in [1.29, 1.82) is 0 Å². The summed E-state index contributed by atoms with van der Waals surface area (Å²) in [5, 5.41) is 0. The van der Waals surface area contributed by atoms with Gasteiger partial charge in [0.25, 0.3) is 0 Å². The van der Waals surface area contributed by atoms with Crippen LogP contribution in [0.15, 0.2) is 30.3 Å². The third kappa shape index (κ3) is 2.40. The molecular weight excluding hydrogens is 247 g/mol. The Morgan fingerprint density at radius 2 is 1.89 bits per heavy atom. The molecule has 1 aromatic carbocycles. The lowest BCUT2D eigenvalue weighted by Gasteiger charge is -2.47. The Labute approximate surface area is 112 Å². The van der Waals surface area contributed by atoms with Crippen LogP contribution in [0.3, 0.4) is 0 Å². The fourth-order valence-electron chi connectivity index (χ4n) is 2.58. The summed E-state index contributed by atoms with van der Waals surface area (Å²) in [6, 6.07) is 9.62. The molecule has 1 unspecified atom stereocenters. The molecule has 0 aromatic heterocycles. The second-order valence-corrected chi connectivity index (χ2v) is 5.92. The normalized spacial score (nSPS) is 37.6. The van der Waals surface area contributed by atoms with E-state index in [1.807, 2.05) is 44.2 Å². The van der Waals surface area contributed by atoms with Gasteiger partial charge in [0.15, 0.2) is 6.29 Å². The highest BCUT2D eigenvalue weighted by atomic mass is 19.1. The number of halogens is 1. The summed E-state index contributed by atoms with van der Waals surface area (Å²) in [5.41, 5.74) is 0.399. The topological polar surface area (TPSA) is 27.7 Å². The Hall–Kier alpha value is -0.970. The minimum absolute atomic E-state index is 0.303. The number of benzene rings is 1. The molecule has 4 heteroatoms. The molecule has 0 N–H and O–H groups in total. The Kier molecular flexibility index (Phi) is 3.33. The van der Waals surface area contributed by atoms with E-state index in [2.05, 4.69) is 0 Å². The van der Waals surface area contributed by atoms with Crippen molar-refractivity contribution in [2.75, 3.05) is 13.2 Å². The molecule has 3 rings (SSSR count). The average molecular weight is 266 g/mol. The maximum atomic E-state index is 14.5. The Balaban J connectivity index is 1.77. The SMILES string of the molecule is CC1(C)CO[C@@H]2CO[C@@H](c3ccccc3)OC2[C@H]1F. The zero-order valence-electron chi connectivity index (χ0n) is 11.2. The predicted molar refractivity (Wildman–Crippen MR) is 68.4 cm³/mol. The van der Waals surface area contributed by atoms with Gasteiger partial charge in [0, 0.05) is 11.0 Å². The molecule has 104 valence electrons. The Bertz CT molecular complexity index is 434. The van der Waals surface area contributed by atoms with Gasteiger partial charge in [-0.15, -0.1) is 0 Å². The number of fused-ring (bicyclic) bond motifs is 1. The van der Waals surface area contributed by atoms with E-state index in [0.717, 1.165) is 5.56 Å². The summed E-state index contributed by atoms with van der Waals surface area (Å²) in [6.07, 6.45) is -2.40. The molecule has 2 aliphatic rings. The maximum Gasteiger partial charge on any atom is 0.184 e. The number of ether oxygens (including phenoxy) is 3. The predicted octanol–water partition coefficient (Wildman–Crippen LogP) is 2.86. The molecule has 3 nitrogen and oxygen atoms in total. The van der Waals surface area contributed by atoms with E-state index in [1.54, 1.807) is 0 Å². The van der Waals surface area contributed by atoms with Crippen molar-refractivity contribution in [2.24, 2.45) is 5.41 Å². The molecule has 2 aliphatic heterocycles. The van der Waals surface area contributed by atoms with Crippen LogP contribution >= 0.6 is 0 Å². The zero-order valence-corrected chi connectivity index (χ0v) is 11.2. The molecule has 0 radical (unpaired) electrons. The molecule has 4 atom stereocenters. The second kappa shape index (κ2) is 4.85. The van der Waals surface area contributed by atoms with E-state index < -0.39 is 24.0 Å². The van der Waals surface area contributed by atoms with E-state index in [0.29, 0.717) is 13.2 Å². The van der Waals surface area contributed by atoms with Crippen molar-refractivity contribution in [2.45, 2.75) is 38.5 Å². The van der Waals surface area contributed by atoms with Gasteiger partial charge in [-0.25, -0.2) is 4.39 Å². The first kappa shape index (κ1) is 13.0. The lowest BCUT2D eigenvalue weighted by molar-refractivity contribution is -0.309. The van der Waals surface area contributed by atoms with Gasteiger partial charge in [0.1, 0.15) is 18.4 Å². The van der Waals surface area contributed by atoms with Crippen LogP contribution in [0.1, 0.15) is 25.7 Å². The summed E-state index contributed by atoms with van der Waals surface area (Å²) in [7, 11) is 0. The van der Waals surface area contributed by atoms with Gasteiger partial charge in [-0.05, 0) is 0 Å². The van der Waals surface area contributed by atoms with Gasteiger partial charge >= 0.3 is 0 Å². The molecule has 2 saturated heterocycles. The monoisotopic (exact) mass is 266 g/mol. The van der Waals surface area contributed by atoms with Crippen LogP contribution in [-0.2, 0) is 14.2 Å². The molecule has 19 heavy (non-hydrogen) atoms. The van der Waals surface area contributed by atoms with Crippen molar-refractivity contribution in [1.82, 2.24) is 0 Å². The average Bonchev–Trinajstić information content (AvgIpc) is 2.44. The summed E-state index contributed by atoms with van der Waals surface area (Å²) in [4.78, 5) is 0. The Morgan fingerprint density at radius 3 is 2.63 bits per heavy atom. The van der Waals surface area contributed by atoms with Crippen LogP contribution in [0.25, 0.3) is 0 Å². The van der Waals surface area contributed by atoms with Crippen molar-refractivity contribution in [3.63, 3.8) is 0 Å². The minimum Gasteiger partial charge on any atom is -0.372 e. The van der Waals surface area contributed by atoms with Crippen LogP contribution in [0.2, 0.25) is 0 Å². The van der Waals surface area contributed by atoms with Gasteiger partial charge < -0.3 is 14.2 Å². The van der Waals surface area contributed by atoms with Crippen molar-refractivity contribution >= 4 is 0 Å². The van der Waals surface area contributed by atoms with E-state index in [9.17, 15) is 4.39 Å². The standard InChI is InChI=1S/C15H19FO3/c1-15(2)9-18-11-8-17-14(19-12(11)13(15)16)10-6-4-3-5-7-10/h3-7,11-14H,8-9H2,1-2H3/t11-,12?,13-,14-/m1/s1. The highest BCUT2D eigenvalue weighted by Gasteiger charge is 2.49. The van der Waals surface area contributed by atoms with Gasteiger partial charge in [-0.1, -0.05) is 44.2 Å². The van der Waals surface area contributed by atoms with Crippen LogP contribution in [-0.4, -0.2) is 31.6 Å². The van der Waals surface area contributed by atoms with Crippen molar-refractivity contribution in [3.05, 3.63) is 35.9 Å². The van der Waals surface area contributed by atoms with Crippen LogP contribution in [0, 0.1) is 5.41 Å². The molecule has 0 aliphatic carbocycles. The van der Waals surface area contributed by atoms with Gasteiger partial charge in [0.05, 0.1) is 13.2 Å². The molecule has 1 aromatic rings. The van der Waals surface area contributed by atoms with E-state index >= 15 is 0 Å². The first-order valence-corrected chi connectivity index (χ1v) is 6.65. The fourth-order valence-corrected chi connectivity index (χ4v) is 2.58. The maximum absolute atomic E-state index is 14.5. The smallest absolute Gasteiger partial charge is 0.184 e.